The fourth-order valence-corrected chi connectivity index (χ4v) is 5.78. The molecule has 1 aliphatic heterocycles. The second-order valence-corrected chi connectivity index (χ2v) is 10.3. The van der Waals surface area contributed by atoms with Gasteiger partial charge in [-0.05, 0) is 56.2 Å². The van der Waals surface area contributed by atoms with Crippen molar-refractivity contribution in [2.45, 2.75) is 58.5 Å². The van der Waals surface area contributed by atoms with Gasteiger partial charge in [0.2, 0.25) is 0 Å². The number of nitrogens with zero attached hydrogens (tertiary/aromatic N) is 3. The van der Waals surface area contributed by atoms with Crippen LogP contribution in [0.15, 0.2) is 24.5 Å². The number of nitrogens with two attached hydrogens (primary N) is 1. The molecular weight excluding hydrogens is 436 g/mol. The Bertz CT molecular complexity index is 1250. The van der Waals surface area contributed by atoms with E-state index in [1.54, 1.807) is 17.3 Å². The molecule has 0 spiro atoms. The number of aryl methyl sites for hydroxylation is 1. The van der Waals surface area contributed by atoms with Gasteiger partial charge in [-0.25, -0.2) is 9.78 Å². The molecule has 8 nitrogen and oxygen atoms in total. The maximum atomic E-state index is 13.3. The number of rotatable bonds is 5. The van der Waals surface area contributed by atoms with Crippen molar-refractivity contribution in [3.8, 4) is 0 Å². The van der Waals surface area contributed by atoms with Crippen LogP contribution in [0.3, 0.4) is 0 Å². The first-order chi connectivity index (χ1) is 15.8. The highest BCUT2D eigenvalue weighted by molar-refractivity contribution is 7.21. The molecule has 0 radical (unpaired) electrons. The summed E-state index contributed by atoms with van der Waals surface area (Å²) in [4.78, 5) is 38.3. The molecule has 0 bridgehead atoms. The van der Waals surface area contributed by atoms with E-state index < -0.39 is 0 Å². The Morgan fingerprint density at radius 2 is 2.15 bits per heavy atom. The summed E-state index contributed by atoms with van der Waals surface area (Å²) in [5, 5.41) is 6.78. The van der Waals surface area contributed by atoms with E-state index in [0.717, 1.165) is 42.3 Å². The molecule has 3 amide bonds. The highest BCUT2D eigenvalue weighted by Crippen LogP contribution is 2.46. The normalized spacial score (nSPS) is 19.9. The van der Waals surface area contributed by atoms with Crippen LogP contribution in [0.2, 0.25) is 0 Å². The number of pyridine rings is 2. The minimum atomic E-state index is -0.318. The predicted octanol–water partition coefficient (Wildman–Crippen LogP) is 4.49. The molecule has 1 aliphatic carbocycles. The van der Waals surface area contributed by atoms with E-state index in [4.69, 9.17) is 5.73 Å². The Morgan fingerprint density at radius 3 is 2.85 bits per heavy atom. The molecule has 3 aromatic heterocycles. The third kappa shape index (κ3) is 3.85. The van der Waals surface area contributed by atoms with Crippen molar-refractivity contribution >= 4 is 50.6 Å². The van der Waals surface area contributed by atoms with E-state index in [-0.39, 0.29) is 24.0 Å². The molecule has 2 aliphatic rings. The molecule has 3 aromatic rings. The third-order valence-electron chi connectivity index (χ3n) is 6.34. The van der Waals surface area contributed by atoms with Gasteiger partial charge in [0.1, 0.15) is 9.71 Å². The summed E-state index contributed by atoms with van der Waals surface area (Å²) in [6.45, 7) is 6.30. The highest BCUT2D eigenvalue weighted by atomic mass is 32.1. The van der Waals surface area contributed by atoms with E-state index in [1.165, 1.54) is 11.3 Å². The molecule has 2 atom stereocenters. The first kappa shape index (κ1) is 21.8. The summed E-state index contributed by atoms with van der Waals surface area (Å²) in [5.74, 6) is 0.281. The van der Waals surface area contributed by atoms with Crippen molar-refractivity contribution in [3.05, 3.63) is 40.7 Å². The smallest absolute Gasteiger partial charge is 0.331 e. The van der Waals surface area contributed by atoms with Crippen LogP contribution in [0, 0.1) is 12.8 Å². The van der Waals surface area contributed by atoms with Crippen molar-refractivity contribution < 1.29 is 9.59 Å². The van der Waals surface area contributed by atoms with Gasteiger partial charge in [-0.15, -0.1) is 11.3 Å². The van der Waals surface area contributed by atoms with Crippen molar-refractivity contribution in [1.82, 2.24) is 15.3 Å². The van der Waals surface area contributed by atoms with Crippen LogP contribution in [0.5, 0.6) is 0 Å². The zero-order chi connectivity index (χ0) is 23.3. The first-order valence-corrected chi connectivity index (χ1v) is 12.2. The lowest BCUT2D eigenvalue weighted by molar-refractivity contribution is 0.0939. The van der Waals surface area contributed by atoms with Crippen LogP contribution in [-0.2, 0) is 6.42 Å². The fraction of sp³-hybridized carbons (Fsp3) is 0.417. The van der Waals surface area contributed by atoms with Gasteiger partial charge in [0.15, 0.2) is 0 Å². The number of carbonyl (C=O) groups excluding carboxylic acids is 2. The lowest BCUT2D eigenvalue weighted by Crippen LogP contribution is -2.44. The van der Waals surface area contributed by atoms with Gasteiger partial charge >= 0.3 is 6.03 Å². The molecule has 0 saturated heterocycles. The summed E-state index contributed by atoms with van der Waals surface area (Å²) < 4.78 is 0. The van der Waals surface area contributed by atoms with Gasteiger partial charge in [-0.1, -0.05) is 13.8 Å². The topological polar surface area (TPSA) is 113 Å². The monoisotopic (exact) mass is 464 g/mol. The van der Waals surface area contributed by atoms with Crippen LogP contribution in [0.1, 0.15) is 54.0 Å². The van der Waals surface area contributed by atoms with Gasteiger partial charge in [-0.2, -0.15) is 0 Å². The molecule has 4 heterocycles. The van der Waals surface area contributed by atoms with E-state index in [2.05, 4.69) is 34.4 Å². The van der Waals surface area contributed by atoms with Gasteiger partial charge in [0.05, 0.1) is 28.6 Å². The zero-order valence-corrected chi connectivity index (χ0v) is 19.8. The summed E-state index contributed by atoms with van der Waals surface area (Å²) in [6.07, 6.45) is 7.09. The predicted molar refractivity (Wildman–Crippen MR) is 131 cm³/mol. The first-order valence-electron chi connectivity index (χ1n) is 11.4. The average Bonchev–Trinajstić information content (AvgIpc) is 3.33. The number of urea groups is 1. The number of nitrogens with one attached hydrogen (secondary N) is 2. The van der Waals surface area contributed by atoms with Crippen LogP contribution in [0.25, 0.3) is 10.2 Å². The maximum absolute atomic E-state index is 13.3. The molecule has 1 unspecified atom stereocenters. The Hall–Kier alpha value is -3.04. The van der Waals surface area contributed by atoms with Crippen LogP contribution < -0.4 is 21.3 Å². The van der Waals surface area contributed by atoms with Crippen molar-refractivity contribution in [2.75, 3.05) is 10.2 Å². The van der Waals surface area contributed by atoms with Crippen molar-refractivity contribution in [1.29, 1.82) is 0 Å². The van der Waals surface area contributed by atoms with Gasteiger partial charge in [0, 0.05) is 24.0 Å². The molecule has 0 aromatic carbocycles. The number of hydrogen-bond donors (Lipinski definition) is 3. The van der Waals surface area contributed by atoms with Crippen LogP contribution in [0.4, 0.5) is 21.9 Å². The standard InChI is InChI=1S/C24H28N6O2S/c1-12(2)9-14-10-13(3)18(11-27-14)30-17-7-8-26-23-19(17)20(29-24(30)32)21(33-23)22(31)28-16-6-4-5-15(16)25/h7-8,10-12,15-16H,4-6,9,25H2,1-3H3,(H,28,31)(H,29,32)/t15?,16-/m1/s1. The lowest BCUT2D eigenvalue weighted by atomic mass is 10.0. The van der Waals surface area contributed by atoms with E-state index in [0.29, 0.717) is 32.7 Å². The molecule has 1 saturated carbocycles. The number of amides is 3. The minimum absolute atomic E-state index is 0.0346. The number of aromatic nitrogens is 2. The Morgan fingerprint density at radius 1 is 1.33 bits per heavy atom. The number of hydrogen-bond acceptors (Lipinski definition) is 6. The zero-order valence-electron chi connectivity index (χ0n) is 19.0. The van der Waals surface area contributed by atoms with E-state index in [1.807, 2.05) is 19.1 Å². The molecule has 172 valence electrons. The quantitative estimate of drug-likeness (QED) is 0.515. The average molecular weight is 465 g/mol. The second kappa shape index (κ2) is 8.39. The summed E-state index contributed by atoms with van der Waals surface area (Å²) in [7, 11) is 0. The molecule has 5 rings (SSSR count). The molecule has 4 N–H and O–H groups in total. The Kier molecular flexibility index (Phi) is 5.54. The molecule has 9 heteroatoms. The molecule has 33 heavy (non-hydrogen) atoms. The number of anilines is 3. The van der Waals surface area contributed by atoms with Crippen LogP contribution in [-0.4, -0.2) is 34.0 Å². The lowest BCUT2D eigenvalue weighted by Gasteiger charge is -2.29. The summed E-state index contributed by atoms with van der Waals surface area (Å²) in [6, 6.07) is 3.45. The molecular formula is C24H28N6O2S. The van der Waals surface area contributed by atoms with E-state index >= 15 is 0 Å². The third-order valence-corrected chi connectivity index (χ3v) is 7.43. The summed E-state index contributed by atoms with van der Waals surface area (Å²) in [5.41, 5.74) is 10.0. The minimum Gasteiger partial charge on any atom is -0.347 e. The van der Waals surface area contributed by atoms with Crippen LogP contribution >= 0.6 is 11.3 Å². The maximum Gasteiger partial charge on any atom is 0.331 e. The Balaban J connectivity index is 1.54. The number of thiophene rings is 1. The van der Waals surface area contributed by atoms with Gasteiger partial charge in [0.25, 0.3) is 5.91 Å². The highest BCUT2D eigenvalue weighted by Gasteiger charge is 2.34. The summed E-state index contributed by atoms with van der Waals surface area (Å²) >= 11 is 1.29. The van der Waals surface area contributed by atoms with Gasteiger partial charge in [-0.3, -0.25) is 14.7 Å². The van der Waals surface area contributed by atoms with Crippen molar-refractivity contribution in [3.63, 3.8) is 0 Å². The van der Waals surface area contributed by atoms with E-state index in [9.17, 15) is 9.59 Å². The van der Waals surface area contributed by atoms with Gasteiger partial charge < -0.3 is 16.4 Å². The second-order valence-electron chi connectivity index (χ2n) is 9.32. The fourth-order valence-electron chi connectivity index (χ4n) is 4.76. The Labute approximate surface area is 196 Å². The SMILES string of the molecule is Cc1cc(CC(C)C)ncc1N1C(=O)Nc2c(C(=O)N[C@@H]3CCCC3N)sc3nccc1c23. The number of carbonyl (C=O) groups is 2. The van der Waals surface area contributed by atoms with Crippen molar-refractivity contribution in [2.24, 2.45) is 11.7 Å². The molecule has 1 fully saturated rings. The largest absolute Gasteiger partial charge is 0.347 e.